The highest BCUT2D eigenvalue weighted by Crippen LogP contribution is 2.22. The van der Waals surface area contributed by atoms with E-state index in [0.717, 1.165) is 29.9 Å². The molecule has 3 rings (SSSR count). The third-order valence-corrected chi connectivity index (χ3v) is 4.72. The molecule has 20 heavy (non-hydrogen) atoms. The number of nitrogens with zero attached hydrogens (tertiary/aromatic N) is 2. The van der Waals surface area contributed by atoms with Crippen molar-refractivity contribution in [1.29, 1.82) is 0 Å². The first kappa shape index (κ1) is 13.5. The first-order chi connectivity index (χ1) is 9.74. The maximum absolute atomic E-state index is 12.4. The molecule has 1 aliphatic heterocycles. The summed E-state index contributed by atoms with van der Waals surface area (Å²) in [5.74, 6) is 0.184. The van der Waals surface area contributed by atoms with E-state index >= 15 is 0 Å². The number of amides is 1. The molecular weight excluding hydrogens is 270 g/mol. The van der Waals surface area contributed by atoms with E-state index in [-0.39, 0.29) is 11.9 Å². The van der Waals surface area contributed by atoms with Gasteiger partial charge in [-0.3, -0.25) is 4.79 Å². The largest absolute Gasteiger partial charge is 0.338 e. The van der Waals surface area contributed by atoms with Crippen molar-refractivity contribution < 1.29 is 4.79 Å². The summed E-state index contributed by atoms with van der Waals surface area (Å²) in [6, 6.07) is 8.08. The molecule has 1 atom stereocenters. The van der Waals surface area contributed by atoms with Crippen molar-refractivity contribution in [2.45, 2.75) is 31.8 Å². The maximum atomic E-state index is 12.4. The lowest BCUT2D eigenvalue weighted by molar-refractivity contribution is -0.133. The van der Waals surface area contributed by atoms with Crippen molar-refractivity contribution in [2.75, 3.05) is 13.6 Å². The Morgan fingerprint density at radius 2 is 2.30 bits per heavy atom. The molecule has 2 aromatic rings. The molecule has 1 aromatic heterocycles. The minimum absolute atomic E-state index is 0.0110. The predicted octanol–water partition coefficient (Wildman–Crippen LogP) is 2.40. The zero-order chi connectivity index (χ0) is 13.9. The Morgan fingerprint density at radius 3 is 3.05 bits per heavy atom. The van der Waals surface area contributed by atoms with Crippen LogP contribution in [0.3, 0.4) is 0 Å². The van der Waals surface area contributed by atoms with E-state index in [2.05, 4.69) is 16.4 Å². The van der Waals surface area contributed by atoms with Crippen LogP contribution >= 0.6 is 11.3 Å². The number of rotatable bonds is 3. The minimum Gasteiger partial charge on any atom is -0.338 e. The fraction of sp³-hybridized carbons (Fsp3) is 0.467. The van der Waals surface area contributed by atoms with E-state index in [0.29, 0.717) is 6.54 Å². The number of para-hydroxylation sites is 1. The van der Waals surface area contributed by atoms with Crippen molar-refractivity contribution in [1.82, 2.24) is 15.2 Å². The predicted molar refractivity (Wildman–Crippen MR) is 81.7 cm³/mol. The number of carbonyl (C=O) groups excluding carboxylic acids is 1. The lowest BCUT2D eigenvalue weighted by Crippen LogP contribution is -2.46. The Morgan fingerprint density at radius 1 is 1.45 bits per heavy atom. The number of hydrogen-bond donors (Lipinski definition) is 1. The van der Waals surface area contributed by atoms with Crippen LogP contribution in [0.4, 0.5) is 0 Å². The summed E-state index contributed by atoms with van der Waals surface area (Å²) in [5.41, 5.74) is 1.02. The molecular formula is C15H19N3OS. The number of carbonyl (C=O) groups is 1. The molecule has 0 radical (unpaired) electrons. The fourth-order valence-electron chi connectivity index (χ4n) is 2.60. The van der Waals surface area contributed by atoms with E-state index in [1.165, 1.54) is 11.1 Å². The Hall–Kier alpha value is -1.46. The van der Waals surface area contributed by atoms with Gasteiger partial charge in [-0.15, -0.1) is 11.3 Å². The smallest absolute Gasteiger partial charge is 0.239 e. The van der Waals surface area contributed by atoms with Gasteiger partial charge < -0.3 is 10.2 Å². The molecule has 0 aliphatic carbocycles. The normalized spacial score (nSPS) is 19.1. The monoisotopic (exact) mass is 289 g/mol. The van der Waals surface area contributed by atoms with Gasteiger partial charge in [0.25, 0.3) is 0 Å². The summed E-state index contributed by atoms with van der Waals surface area (Å²) >= 11 is 1.66. The first-order valence-corrected chi connectivity index (χ1v) is 7.88. The Labute approximate surface area is 122 Å². The first-order valence-electron chi connectivity index (χ1n) is 7.07. The second-order valence-electron chi connectivity index (χ2n) is 5.27. The molecule has 0 unspecified atom stereocenters. The third-order valence-electron chi connectivity index (χ3n) is 3.70. The Bertz CT molecular complexity index is 571. The van der Waals surface area contributed by atoms with Crippen LogP contribution in [0, 0.1) is 0 Å². The zero-order valence-electron chi connectivity index (χ0n) is 11.6. The van der Waals surface area contributed by atoms with Gasteiger partial charge in [-0.2, -0.15) is 0 Å². The van der Waals surface area contributed by atoms with Gasteiger partial charge >= 0.3 is 0 Å². The van der Waals surface area contributed by atoms with Crippen LogP contribution in [-0.2, 0) is 11.3 Å². The summed E-state index contributed by atoms with van der Waals surface area (Å²) in [6.07, 6.45) is 3.26. The molecule has 0 saturated carbocycles. The lowest BCUT2D eigenvalue weighted by Gasteiger charge is -2.26. The van der Waals surface area contributed by atoms with Gasteiger partial charge in [0, 0.05) is 7.05 Å². The molecule has 5 heteroatoms. The van der Waals surface area contributed by atoms with Crippen LogP contribution in [0.15, 0.2) is 24.3 Å². The molecule has 1 saturated heterocycles. The third kappa shape index (κ3) is 2.83. The maximum Gasteiger partial charge on any atom is 0.239 e. The van der Waals surface area contributed by atoms with Crippen molar-refractivity contribution >= 4 is 27.5 Å². The standard InChI is InChI=1S/C15H19N3OS/c1-18(15(19)12-7-4-5-9-16-12)10-14-17-11-6-2-3-8-13(11)20-14/h2-3,6,8,12,16H,4-5,7,9-10H2,1H3/t12-/m1/s1. The van der Waals surface area contributed by atoms with E-state index in [1.807, 2.05) is 25.2 Å². The van der Waals surface area contributed by atoms with Gasteiger partial charge in [-0.05, 0) is 31.5 Å². The second kappa shape index (κ2) is 5.89. The molecule has 1 amide bonds. The van der Waals surface area contributed by atoms with Crippen LogP contribution in [0.5, 0.6) is 0 Å². The molecule has 0 bridgehead atoms. The Balaban J connectivity index is 1.68. The molecule has 1 aromatic carbocycles. The summed E-state index contributed by atoms with van der Waals surface area (Å²) in [7, 11) is 1.87. The number of likely N-dealkylation sites (N-methyl/N-ethyl adjacent to an activating group) is 1. The van der Waals surface area contributed by atoms with Gasteiger partial charge in [-0.1, -0.05) is 18.6 Å². The number of nitrogens with one attached hydrogen (secondary N) is 1. The van der Waals surface area contributed by atoms with E-state index in [4.69, 9.17) is 0 Å². The molecule has 1 N–H and O–H groups in total. The summed E-state index contributed by atoms with van der Waals surface area (Å²) < 4.78 is 1.18. The number of aromatic nitrogens is 1. The number of hydrogen-bond acceptors (Lipinski definition) is 4. The van der Waals surface area contributed by atoms with Crippen molar-refractivity contribution in [3.8, 4) is 0 Å². The Kier molecular flexibility index (Phi) is 3.98. The van der Waals surface area contributed by atoms with Crippen LogP contribution in [0.25, 0.3) is 10.2 Å². The lowest BCUT2D eigenvalue weighted by atomic mass is 10.0. The van der Waals surface area contributed by atoms with Gasteiger partial charge in [0.15, 0.2) is 0 Å². The van der Waals surface area contributed by atoms with Gasteiger partial charge in [-0.25, -0.2) is 4.98 Å². The van der Waals surface area contributed by atoms with E-state index in [1.54, 1.807) is 16.2 Å². The summed E-state index contributed by atoms with van der Waals surface area (Å²) in [4.78, 5) is 18.7. The SMILES string of the molecule is CN(Cc1nc2ccccc2s1)C(=O)[C@H]1CCCCN1. The highest BCUT2D eigenvalue weighted by molar-refractivity contribution is 7.18. The van der Waals surface area contributed by atoms with E-state index < -0.39 is 0 Å². The summed E-state index contributed by atoms with van der Waals surface area (Å²) in [6.45, 7) is 1.54. The second-order valence-corrected chi connectivity index (χ2v) is 6.39. The molecule has 2 heterocycles. The van der Waals surface area contributed by atoms with Gasteiger partial charge in [0.05, 0.1) is 22.8 Å². The number of fused-ring (bicyclic) bond motifs is 1. The quantitative estimate of drug-likeness (QED) is 0.943. The van der Waals surface area contributed by atoms with Crippen LogP contribution < -0.4 is 5.32 Å². The van der Waals surface area contributed by atoms with Crippen LogP contribution in [0.2, 0.25) is 0 Å². The van der Waals surface area contributed by atoms with E-state index in [9.17, 15) is 4.79 Å². The van der Waals surface area contributed by atoms with Crippen molar-refractivity contribution in [2.24, 2.45) is 0 Å². The van der Waals surface area contributed by atoms with Crippen molar-refractivity contribution in [3.05, 3.63) is 29.3 Å². The average molecular weight is 289 g/mol. The zero-order valence-corrected chi connectivity index (χ0v) is 12.4. The molecule has 4 nitrogen and oxygen atoms in total. The van der Waals surface area contributed by atoms with Crippen molar-refractivity contribution in [3.63, 3.8) is 0 Å². The molecule has 106 valence electrons. The van der Waals surface area contributed by atoms with Gasteiger partial charge in [0.2, 0.25) is 5.91 Å². The topological polar surface area (TPSA) is 45.2 Å². The molecule has 1 fully saturated rings. The average Bonchev–Trinajstić information content (AvgIpc) is 2.89. The highest BCUT2D eigenvalue weighted by Gasteiger charge is 2.24. The van der Waals surface area contributed by atoms with Crippen LogP contribution in [0.1, 0.15) is 24.3 Å². The number of piperidine rings is 1. The van der Waals surface area contributed by atoms with Crippen LogP contribution in [-0.4, -0.2) is 35.4 Å². The number of thiazole rings is 1. The summed E-state index contributed by atoms with van der Waals surface area (Å²) in [5, 5.41) is 4.30. The fourth-order valence-corrected chi connectivity index (χ4v) is 3.62. The minimum atomic E-state index is -0.0110. The number of benzene rings is 1. The molecule has 0 spiro atoms. The highest BCUT2D eigenvalue weighted by atomic mass is 32.1. The molecule has 1 aliphatic rings. The van der Waals surface area contributed by atoms with Gasteiger partial charge in [0.1, 0.15) is 5.01 Å².